The number of carbonyl (C=O) groups is 1. The Morgan fingerprint density at radius 2 is 2.05 bits per heavy atom. The summed E-state index contributed by atoms with van der Waals surface area (Å²) in [6.07, 6.45) is 1.11. The molecule has 0 saturated carbocycles. The number of amides is 1. The molecule has 1 amide bonds. The van der Waals surface area contributed by atoms with E-state index in [0.717, 1.165) is 17.5 Å². The van der Waals surface area contributed by atoms with E-state index in [4.69, 9.17) is 29.0 Å². The number of nitrogens with zero attached hydrogens (tertiary/aromatic N) is 2. The van der Waals surface area contributed by atoms with Crippen LogP contribution in [0.3, 0.4) is 0 Å². The molecule has 2 rings (SSSR count). The van der Waals surface area contributed by atoms with Crippen LogP contribution in [0.5, 0.6) is 0 Å². The van der Waals surface area contributed by atoms with E-state index in [-0.39, 0.29) is 19.2 Å². The smallest absolute Gasteiger partial charge is 0.266 e. The Balaban J connectivity index is 2.39. The number of aromatic nitrogens is 1. The summed E-state index contributed by atoms with van der Waals surface area (Å²) in [6, 6.07) is 4.03. The fraction of sp³-hybridized carbons (Fsp3) is 0. The number of nitrogens with two attached hydrogens (primary N) is 1. The quantitative estimate of drug-likeness (QED) is 0.519. The van der Waals surface area contributed by atoms with Crippen molar-refractivity contribution in [3.8, 4) is 0 Å². The maximum atomic E-state index is 12.1. The van der Waals surface area contributed by atoms with Crippen molar-refractivity contribution in [3.05, 3.63) is 45.5 Å². The Hall–Kier alpha value is -1.19. The highest BCUT2D eigenvalue weighted by Crippen LogP contribution is 2.24. The third-order valence-electron chi connectivity index (χ3n) is 2.28. The Kier molecular flexibility index (Phi) is 4.31. The van der Waals surface area contributed by atoms with Gasteiger partial charge in [-0.1, -0.05) is 23.2 Å². The number of hydrogen-bond acceptors (Lipinski definition) is 6. The SMILES string of the molecule is NN(C(=O)c1ccc(Cl)cc1Cl)S(=O)(=O)c1cncs1. The first-order valence-corrected chi connectivity index (χ1v) is 8.09. The van der Waals surface area contributed by atoms with Gasteiger partial charge in [0.2, 0.25) is 0 Å². The number of thiazole rings is 1. The molecular weight excluding hydrogens is 345 g/mol. The van der Waals surface area contributed by atoms with Gasteiger partial charge in [-0.05, 0) is 18.2 Å². The summed E-state index contributed by atoms with van der Waals surface area (Å²) in [5.41, 5.74) is 1.26. The number of hydrazine groups is 1. The number of sulfonamides is 1. The van der Waals surface area contributed by atoms with Crippen molar-refractivity contribution in [1.82, 2.24) is 9.40 Å². The topological polar surface area (TPSA) is 93.4 Å². The molecule has 20 heavy (non-hydrogen) atoms. The summed E-state index contributed by atoms with van der Waals surface area (Å²) in [5.74, 6) is 4.45. The molecule has 2 aromatic rings. The van der Waals surface area contributed by atoms with Gasteiger partial charge in [-0.25, -0.2) is 5.84 Å². The summed E-state index contributed by atoms with van der Waals surface area (Å²) in [7, 11) is -4.14. The van der Waals surface area contributed by atoms with Gasteiger partial charge in [0.25, 0.3) is 15.9 Å². The van der Waals surface area contributed by atoms with Crippen LogP contribution < -0.4 is 5.84 Å². The van der Waals surface area contributed by atoms with Gasteiger partial charge in [-0.3, -0.25) is 9.78 Å². The highest BCUT2D eigenvalue weighted by molar-refractivity contribution is 7.91. The van der Waals surface area contributed by atoms with Gasteiger partial charge in [0.05, 0.1) is 22.3 Å². The zero-order valence-corrected chi connectivity index (χ0v) is 12.8. The van der Waals surface area contributed by atoms with Gasteiger partial charge in [0.1, 0.15) is 0 Å². The lowest BCUT2D eigenvalue weighted by atomic mass is 10.2. The molecule has 0 aliphatic carbocycles. The predicted molar refractivity (Wildman–Crippen MR) is 76.1 cm³/mol. The number of rotatable bonds is 3. The second kappa shape index (κ2) is 5.66. The van der Waals surface area contributed by atoms with E-state index >= 15 is 0 Å². The minimum absolute atomic E-state index is 0.0115. The van der Waals surface area contributed by atoms with Crippen LogP contribution in [0.25, 0.3) is 0 Å². The summed E-state index contributed by atoms with van der Waals surface area (Å²) >= 11 is 12.4. The van der Waals surface area contributed by atoms with E-state index in [1.807, 2.05) is 0 Å². The summed E-state index contributed by atoms with van der Waals surface area (Å²) in [5, 5.41) is 0.331. The summed E-state index contributed by atoms with van der Waals surface area (Å²) < 4.78 is 24.1. The Bertz CT molecular complexity index is 747. The average molecular weight is 352 g/mol. The van der Waals surface area contributed by atoms with Gasteiger partial charge in [-0.2, -0.15) is 12.8 Å². The molecule has 10 heteroatoms. The monoisotopic (exact) mass is 351 g/mol. The molecule has 1 aromatic carbocycles. The van der Waals surface area contributed by atoms with Crippen LogP contribution in [0.4, 0.5) is 0 Å². The normalized spacial score (nSPS) is 11.3. The van der Waals surface area contributed by atoms with Crippen molar-refractivity contribution in [3.63, 3.8) is 0 Å². The lowest BCUT2D eigenvalue weighted by Crippen LogP contribution is -2.42. The Labute approximate surface area is 128 Å². The fourth-order valence-corrected chi connectivity index (χ4v) is 3.72. The van der Waals surface area contributed by atoms with Gasteiger partial charge in [-0.15, -0.1) is 11.3 Å². The Morgan fingerprint density at radius 3 is 2.60 bits per heavy atom. The van der Waals surface area contributed by atoms with Crippen molar-refractivity contribution in [2.45, 2.75) is 4.21 Å². The van der Waals surface area contributed by atoms with Crippen molar-refractivity contribution < 1.29 is 13.2 Å². The molecule has 0 saturated heterocycles. The number of hydrogen-bond donors (Lipinski definition) is 1. The second-order valence-corrected chi connectivity index (χ2v) is 7.32. The molecule has 2 N–H and O–H groups in total. The lowest BCUT2D eigenvalue weighted by Gasteiger charge is -2.16. The first-order chi connectivity index (χ1) is 9.34. The minimum atomic E-state index is -4.14. The number of halogens is 2. The van der Waals surface area contributed by atoms with Gasteiger partial charge in [0, 0.05) is 5.02 Å². The first kappa shape index (κ1) is 15.2. The fourth-order valence-electron chi connectivity index (χ4n) is 1.32. The van der Waals surface area contributed by atoms with Gasteiger partial charge >= 0.3 is 0 Å². The maximum Gasteiger partial charge on any atom is 0.291 e. The average Bonchev–Trinajstić information content (AvgIpc) is 2.91. The molecule has 0 aliphatic heterocycles. The molecule has 1 aromatic heterocycles. The minimum Gasteiger partial charge on any atom is -0.266 e. The van der Waals surface area contributed by atoms with Crippen LogP contribution in [0, 0.1) is 0 Å². The molecule has 6 nitrogen and oxygen atoms in total. The van der Waals surface area contributed by atoms with E-state index in [1.54, 1.807) is 0 Å². The van der Waals surface area contributed by atoms with Crippen molar-refractivity contribution in [2.24, 2.45) is 5.84 Å². The third kappa shape index (κ3) is 2.79. The zero-order chi connectivity index (χ0) is 14.9. The van der Waals surface area contributed by atoms with Crippen LogP contribution in [-0.2, 0) is 10.0 Å². The van der Waals surface area contributed by atoms with Crippen LogP contribution in [-0.4, -0.2) is 23.7 Å². The lowest BCUT2D eigenvalue weighted by molar-refractivity contribution is 0.0862. The van der Waals surface area contributed by atoms with E-state index in [0.29, 0.717) is 5.02 Å². The van der Waals surface area contributed by atoms with Crippen molar-refractivity contribution in [1.29, 1.82) is 0 Å². The van der Waals surface area contributed by atoms with Crippen LogP contribution in [0.15, 0.2) is 34.1 Å². The molecule has 0 aliphatic rings. The standard InChI is InChI=1S/C10H7Cl2N3O3S2/c11-6-1-2-7(8(12)3-6)10(16)15(13)20(17,18)9-4-14-5-19-9/h1-5H,13H2. The first-order valence-electron chi connectivity index (χ1n) is 5.02. The summed E-state index contributed by atoms with van der Waals surface area (Å²) in [6.45, 7) is 0. The molecule has 0 spiro atoms. The van der Waals surface area contributed by atoms with E-state index in [2.05, 4.69) is 4.98 Å². The molecule has 0 atom stereocenters. The molecule has 1 heterocycles. The van der Waals surface area contributed by atoms with Gasteiger partial charge < -0.3 is 0 Å². The van der Waals surface area contributed by atoms with Crippen molar-refractivity contribution in [2.75, 3.05) is 0 Å². The molecule has 0 radical (unpaired) electrons. The second-order valence-electron chi connectivity index (χ2n) is 3.55. The Morgan fingerprint density at radius 1 is 1.35 bits per heavy atom. The molecule has 106 valence electrons. The van der Waals surface area contributed by atoms with Crippen LogP contribution in [0.1, 0.15) is 10.4 Å². The number of carbonyl (C=O) groups excluding carboxylic acids is 1. The maximum absolute atomic E-state index is 12.1. The van der Waals surface area contributed by atoms with E-state index < -0.39 is 15.9 Å². The molecule has 0 bridgehead atoms. The summed E-state index contributed by atoms with van der Waals surface area (Å²) in [4.78, 5) is 15.7. The van der Waals surface area contributed by atoms with Crippen molar-refractivity contribution >= 4 is 50.5 Å². The molecule has 0 fully saturated rings. The predicted octanol–water partition coefficient (Wildman–Crippen LogP) is 2.15. The zero-order valence-electron chi connectivity index (χ0n) is 9.66. The molecular formula is C10H7Cl2N3O3S2. The largest absolute Gasteiger partial charge is 0.291 e. The van der Waals surface area contributed by atoms with Crippen LogP contribution in [0.2, 0.25) is 10.0 Å². The third-order valence-corrected chi connectivity index (χ3v) is 5.62. The number of benzene rings is 1. The van der Waals surface area contributed by atoms with E-state index in [9.17, 15) is 13.2 Å². The van der Waals surface area contributed by atoms with Gasteiger partial charge in [0.15, 0.2) is 4.21 Å². The highest BCUT2D eigenvalue weighted by atomic mass is 35.5. The van der Waals surface area contributed by atoms with E-state index in [1.165, 1.54) is 23.7 Å². The van der Waals surface area contributed by atoms with Crippen LogP contribution >= 0.6 is 34.5 Å². The molecule has 0 unspecified atom stereocenters. The highest BCUT2D eigenvalue weighted by Gasteiger charge is 2.29.